The minimum Gasteiger partial charge on any atom is -0.508 e. The van der Waals surface area contributed by atoms with Crippen molar-refractivity contribution in [2.45, 2.75) is 121 Å². The van der Waals surface area contributed by atoms with E-state index in [4.69, 9.17) is 17.2 Å². The van der Waals surface area contributed by atoms with Crippen LogP contribution in [0.15, 0.2) is 77.8 Å². The molecule has 0 bridgehead atoms. The third-order valence-electron chi connectivity index (χ3n) is 12.4. The van der Waals surface area contributed by atoms with Crippen molar-refractivity contribution in [1.82, 2.24) is 46.8 Å². The van der Waals surface area contributed by atoms with Gasteiger partial charge in [-0.1, -0.05) is 76.6 Å². The molecule has 1 aromatic heterocycles. The van der Waals surface area contributed by atoms with Gasteiger partial charge in [-0.15, -0.1) is 0 Å². The number of aromatic hydroxyl groups is 1. The number of carbonyl (C=O) groups excluding carboxylic acids is 7. The molecule has 3 aromatic rings. The van der Waals surface area contributed by atoms with Crippen molar-refractivity contribution in [3.8, 4) is 5.75 Å². The van der Waals surface area contributed by atoms with E-state index in [9.17, 15) is 58.5 Å². The number of hydrogen-bond acceptors (Lipinski definition) is 13. The van der Waals surface area contributed by atoms with Crippen molar-refractivity contribution in [1.29, 1.82) is 0 Å². The van der Waals surface area contributed by atoms with E-state index in [0.29, 0.717) is 29.7 Å². The van der Waals surface area contributed by atoms with Crippen LogP contribution >= 0.6 is 0 Å². The Labute approximate surface area is 433 Å². The number of H-pyrrole nitrogens is 1. The molecule has 0 radical (unpaired) electrons. The average molecular weight is 1040 g/mol. The molecule has 0 spiro atoms. The van der Waals surface area contributed by atoms with E-state index in [2.05, 4.69) is 46.9 Å². The number of imidazole rings is 1. The van der Waals surface area contributed by atoms with Gasteiger partial charge < -0.3 is 74.3 Å². The maximum Gasteiger partial charge on any atom is 0.352 e. The van der Waals surface area contributed by atoms with Gasteiger partial charge in [0.1, 0.15) is 47.7 Å². The van der Waals surface area contributed by atoms with Crippen LogP contribution < -0.4 is 49.1 Å². The van der Waals surface area contributed by atoms with Gasteiger partial charge in [-0.05, 0) is 66.9 Å². The molecule has 1 fully saturated rings. The first kappa shape index (κ1) is 59.2. The number of aliphatic carboxylic acids is 2. The van der Waals surface area contributed by atoms with Gasteiger partial charge >= 0.3 is 11.9 Å². The van der Waals surface area contributed by atoms with Crippen LogP contribution in [0.4, 0.5) is 0 Å². The second-order valence-corrected chi connectivity index (χ2v) is 18.5. The molecule has 2 aromatic carbocycles. The highest BCUT2D eigenvalue weighted by atomic mass is 16.4. The van der Waals surface area contributed by atoms with Crippen molar-refractivity contribution in [2.24, 2.45) is 34.0 Å². The fourth-order valence-corrected chi connectivity index (χ4v) is 8.08. The lowest BCUT2D eigenvalue weighted by molar-refractivity contribution is -0.142. The summed E-state index contributed by atoms with van der Waals surface area (Å²) < 4.78 is 0. The number of aromatic nitrogens is 2. The Balaban J connectivity index is 1.60. The number of carbonyl (C=O) groups is 9. The van der Waals surface area contributed by atoms with Crippen LogP contribution in [0.2, 0.25) is 0 Å². The zero-order valence-electron chi connectivity index (χ0n) is 42.3. The molecule has 4 rings (SSSR count). The predicted octanol–water partition coefficient (Wildman–Crippen LogP) is -0.885. The molecule has 8 atom stereocenters. The van der Waals surface area contributed by atoms with Crippen molar-refractivity contribution < 1.29 is 58.5 Å². The number of nitrogens with zero attached hydrogens (tertiary/aromatic N) is 3. The number of hydrogen-bond donors (Lipinski definition) is 13. The molecular weight excluding hydrogens is 975 g/mol. The summed E-state index contributed by atoms with van der Waals surface area (Å²) in [5.41, 5.74) is 17.7. The Kier molecular flexibility index (Phi) is 22.7. The van der Waals surface area contributed by atoms with E-state index in [1.165, 1.54) is 47.8 Å². The summed E-state index contributed by atoms with van der Waals surface area (Å²) in [5, 5.41) is 44.9. The average Bonchev–Trinajstić information content (AvgIpc) is 4.08. The molecule has 1 saturated heterocycles. The zero-order chi connectivity index (χ0) is 55.4. The van der Waals surface area contributed by atoms with E-state index in [-0.39, 0.29) is 56.9 Å². The van der Waals surface area contributed by atoms with Crippen LogP contribution in [0.3, 0.4) is 0 Å². The number of rotatable bonds is 28. The first-order chi connectivity index (χ1) is 35.6. The highest BCUT2D eigenvalue weighted by Gasteiger charge is 2.40. The molecule has 25 heteroatoms. The van der Waals surface area contributed by atoms with Gasteiger partial charge in [-0.2, -0.15) is 0 Å². The Morgan fingerprint density at radius 3 is 2.04 bits per heavy atom. The molecule has 0 saturated carbocycles. The number of nitrogens with one attached hydrogen (secondary N) is 7. The van der Waals surface area contributed by atoms with Crippen LogP contribution in [-0.4, -0.2) is 145 Å². The second kappa shape index (κ2) is 28.8. The normalized spacial score (nSPS) is 16.2. The number of amides is 7. The summed E-state index contributed by atoms with van der Waals surface area (Å²) >= 11 is 0. The quantitative estimate of drug-likeness (QED) is 0.0182. The molecule has 2 heterocycles. The highest BCUT2D eigenvalue weighted by Crippen LogP contribution is 2.21. The van der Waals surface area contributed by atoms with Crippen molar-refractivity contribution in [3.05, 3.63) is 89.6 Å². The molecule has 406 valence electrons. The van der Waals surface area contributed by atoms with E-state index >= 15 is 0 Å². The second-order valence-electron chi connectivity index (χ2n) is 18.5. The lowest BCUT2D eigenvalue weighted by Gasteiger charge is -2.31. The molecule has 1 aliphatic heterocycles. The minimum absolute atomic E-state index is 0.0601. The number of nitrogens with two attached hydrogens (primary N) is 3. The summed E-state index contributed by atoms with van der Waals surface area (Å²) in [6.45, 7) is 6.87. The molecular formula is C50H69N13O12. The number of carboxylic acid groups (broad SMARTS) is 2. The number of guanidine groups is 1. The Morgan fingerprint density at radius 1 is 0.813 bits per heavy atom. The van der Waals surface area contributed by atoms with Crippen LogP contribution in [-0.2, 0) is 56.0 Å². The van der Waals surface area contributed by atoms with Gasteiger partial charge in [0.25, 0.3) is 0 Å². The van der Waals surface area contributed by atoms with E-state index < -0.39 is 120 Å². The van der Waals surface area contributed by atoms with Gasteiger partial charge in [0.05, 0.1) is 18.8 Å². The van der Waals surface area contributed by atoms with E-state index in [1.807, 2.05) is 0 Å². The van der Waals surface area contributed by atoms with Gasteiger partial charge in [-0.3, -0.25) is 43.3 Å². The number of phenols is 1. The summed E-state index contributed by atoms with van der Waals surface area (Å²) in [7, 11) is 0. The Bertz CT molecular complexity index is 2520. The standard InChI is InChI=1S/C50H69N13O12/c1-5-28(4)41(47(72)59-36(23-31-25-54-26-56-31)48(73)63-20-10-14-38(63)45(70)60-37(49(74)75)22-29-11-7-6-8-12-29)62-44(69)35(21-30-15-17-32(64)18-16-30)58-46(71)40(27(2)3)61-43(68)34(13-9-19-55-50(52)53)57-42(67)33(51)24-39(65)66/h6-8,11-12,15-18,22,25-28,33-36,38,40-41,64H,5,9-10,13-14,19-21,23-24,51H2,1-4H3,(H,54,56)(H,57,67)(H,58,71)(H,59,72)(H,60,70)(H,61,68)(H,62,69)(H,65,66)(H,74,75)(H4,52,53,55)/t28-,33-,34-,35-,36-,38-,40-,41-/m0/s1. The monoisotopic (exact) mass is 1040 g/mol. The van der Waals surface area contributed by atoms with Gasteiger partial charge in [0.2, 0.25) is 41.4 Å². The Morgan fingerprint density at radius 2 is 1.44 bits per heavy atom. The van der Waals surface area contributed by atoms with E-state index in [1.54, 1.807) is 58.0 Å². The van der Waals surface area contributed by atoms with Crippen molar-refractivity contribution in [2.75, 3.05) is 13.1 Å². The fraction of sp³-hybridized carbons (Fsp3) is 0.460. The topological polar surface area (TPSA) is 409 Å². The fourth-order valence-electron chi connectivity index (χ4n) is 8.08. The van der Waals surface area contributed by atoms with Gasteiger partial charge in [0, 0.05) is 37.8 Å². The highest BCUT2D eigenvalue weighted by molar-refractivity contribution is 6.01. The maximum atomic E-state index is 14.6. The molecule has 16 N–H and O–H groups in total. The van der Waals surface area contributed by atoms with Gasteiger partial charge in [-0.25, -0.2) is 9.78 Å². The molecule has 0 unspecified atom stereocenters. The lowest BCUT2D eigenvalue weighted by Crippen LogP contribution is -2.62. The summed E-state index contributed by atoms with van der Waals surface area (Å²) in [6, 6.07) is 4.89. The first-order valence-electron chi connectivity index (χ1n) is 24.5. The molecule has 75 heavy (non-hydrogen) atoms. The van der Waals surface area contributed by atoms with Crippen LogP contribution in [0.1, 0.15) is 83.0 Å². The molecule has 0 aliphatic carbocycles. The van der Waals surface area contributed by atoms with Crippen molar-refractivity contribution >= 4 is 65.3 Å². The molecule has 7 amide bonds. The number of phenolic OH excluding ortho intramolecular Hbond substituents is 1. The first-order valence-corrected chi connectivity index (χ1v) is 24.5. The molecule has 25 nitrogen and oxygen atoms in total. The number of carboxylic acids is 2. The largest absolute Gasteiger partial charge is 0.508 e. The third-order valence-corrected chi connectivity index (χ3v) is 12.4. The van der Waals surface area contributed by atoms with Crippen LogP contribution in [0.5, 0.6) is 5.75 Å². The van der Waals surface area contributed by atoms with Gasteiger partial charge in [0.15, 0.2) is 5.96 Å². The number of likely N-dealkylation sites (tertiary alicyclic amines) is 1. The molecule has 1 aliphatic rings. The Hall–Kier alpha value is -8.35. The smallest absolute Gasteiger partial charge is 0.352 e. The third kappa shape index (κ3) is 18.6. The number of benzene rings is 2. The minimum atomic E-state index is -1.51. The lowest BCUT2D eigenvalue weighted by atomic mass is 9.96. The predicted molar refractivity (Wildman–Crippen MR) is 273 cm³/mol. The van der Waals surface area contributed by atoms with Crippen molar-refractivity contribution in [3.63, 3.8) is 0 Å². The summed E-state index contributed by atoms with van der Waals surface area (Å²) in [4.78, 5) is 134. The number of aromatic amines is 1. The number of aliphatic imine (C=N–C) groups is 1. The van der Waals surface area contributed by atoms with E-state index in [0.717, 1.165) is 0 Å². The van der Waals surface area contributed by atoms with Crippen LogP contribution in [0, 0.1) is 11.8 Å². The van der Waals surface area contributed by atoms with Crippen LogP contribution in [0.25, 0.3) is 6.08 Å². The maximum absolute atomic E-state index is 14.6. The zero-order valence-corrected chi connectivity index (χ0v) is 42.3. The summed E-state index contributed by atoms with van der Waals surface area (Å²) in [5.74, 6) is -9.91. The SMILES string of the molecule is CC[C@H](C)[C@H](NC(=O)[C@H](Cc1ccc(O)cc1)NC(=O)[C@@H](NC(=O)[C@H](CCCN=C(N)N)NC(=O)[C@@H](N)CC(=O)O)C(C)C)C(=O)N[C@@H](Cc1cnc[nH]1)C(=O)N1CCC[C@H]1C(=O)NC(=Cc1ccccc1)C(=O)O. The summed E-state index contributed by atoms with van der Waals surface area (Å²) in [6.07, 6.45) is 4.13.